The van der Waals surface area contributed by atoms with E-state index in [0.717, 1.165) is 34.3 Å². The van der Waals surface area contributed by atoms with Gasteiger partial charge in [0.25, 0.3) is 0 Å². The Bertz CT molecular complexity index is 1160. The standard InChI is InChI=1S/C22H19N5OS/c28-20(19-18(9-11-24-19)14-4-2-1-3-5-14)25-22-27-26-21(29-22)16-6-7-17-13-23-10-8-15(17)12-16/h1-8,10,12-13,18-19,24H,9,11H2,(H,25,27,28)/t18-,19-/m1/s1. The number of anilines is 1. The van der Waals surface area contributed by atoms with E-state index in [4.69, 9.17) is 0 Å². The zero-order valence-electron chi connectivity index (χ0n) is 15.6. The average molecular weight is 401 g/mol. The minimum Gasteiger partial charge on any atom is -0.305 e. The molecule has 3 heterocycles. The quantitative estimate of drug-likeness (QED) is 0.543. The van der Waals surface area contributed by atoms with Crippen molar-refractivity contribution in [2.45, 2.75) is 18.4 Å². The molecule has 4 aromatic rings. The topological polar surface area (TPSA) is 79.8 Å². The first-order chi connectivity index (χ1) is 14.3. The molecule has 1 aliphatic rings. The Labute approximate surface area is 172 Å². The van der Waals surface area contributed by atoms with Gasteiger partial charge in [0.1, 0.15) is 5.01 Å². The van der Waals surface area contributed by atoms with Crippen molar-refractivity contribution in [1.29, 1.82) is 0 Å². The van der Waals surface area contributed by atoms with Crippen LogP contribution in [-0.4, -0.2) is 33.7 Å². The van der Waals surface area contributed by atoms with Crippen LogP contribution < -0.4 is 10.6 Å². The molecule has 0 saturated carbocycles. The van der Waals surface area contributed by atoms with Gasteiger partial charge in [0.05, 0.1) is 6.04 Å². The second kappa shape index (κ2) is 7.69. The Hall–Kier alpha value is -3.16. The number of hydrogen-bond donors (Lipinski definition) is 2. The van der Waals surface area contributed by atoms with Crippen LogP contribution in [0.2, 0.25) is 0 Å². The van der Waals surface area contributed by atoms with Gasteiger partial charge in [0.15, 0.2) is 0 Å². The predicted molar refractivity (Wildman–Crippen MR) is 115 cm³/mol. The highest BCUT2D eigenvalue weighted by molar-refractivity contribution is 7.18. The Kier molecular flexibility index (Phi) is 4.75. The first-order valence-corrected chi connectivity index (χ1v) is 10.4. The third kappa shape index (κ3) is 3.62. The fourth-order valence-electron chi connectivity index (χ4n) is 3.83. The van der Waals surface area contributed by atoms with Gasteiger partial charge in [-0.25, -0.2) is 0 Å². The van der Waals surface area contributed by atoms with Crippen LogP contribution in [0.3, 0.4) is 0 Å². The smallest absolute Gasteiger partial charge is 0.243 e. The second-order valence-electron chi connectivity index (χ2n) is 7.08. The number of aromatic nitrogens is 3. The molecule has 0 aliphatic carbocycles. The third-order valence-corrected chi connectivity index (χ3v) is 6.16. The molecule has 5 rings (SSSR count). The molecular formula is C22H19N5OS. The molecule has 1 amide bonds. The van der Waals surface area contributed by atoms with Crippen molar-refractivity contribution >= 4 is 33.1 Å². The van der Waals surface area contributed by atoms with Gasteiger partial charge >= 0.3 is 0 Å². The van der Waals surface area contributed by atoms with E-state index in [0.29, 0.717) is 5.13 Å². The normalized spacial score (nSPS) is 18.8. The van der Waals surface area contributed by atoms with Crippen LogP contribution in [0.5, 0.6) is 0 Å². The monoisotopic (exact) mass is 401 g/mol. The maximum absolute atomic E-state index is 12.9. The van der Waals surface area contributed by atoms with Gasteiger partial charge in [-0.2, -0.15) is 0 Å². The molecule has 2 atom stereocenters. The van der Waals surface area contributed by atoms with Crippen molar-refractivity contribution in [3.05, 3.63) is 72.6 Å². The van der Waals surface area contributed by atoms with Crippen molar-refractivity contribution < 1.29 is 4.79 Å². The SMILES string of the molecule is O=C(Nc1nnc(-c2ccc3cnccc3c2)s1)[C@@H]1NCC[C@@H]1c1ccccc1. The lowest BCUT2D eigenvalue weighted by Gasteiger charge is -2.18. The van der Waals surface area contributed by atoms with E-state index in [1.807, 2.05) is 42.6 Å². The molecule has 0 radical (unpaired) electrons. The summed E-state index contributed by atoms with van der Waals surface area (Å²) in [7, 11) is 0. The summed E-state index contributed by atoms with van der Waals surface area (Å²) in [5.41, 5.74) is 2.16. The van der Waals surface area contributed by atoms with Gasteiger partial charge < -0.3 is 5.32 Å². The highest BCUT2D eigenvalue weighted by Gasteiger charge is 2.34. The van der Waals surface area contributed by atoms with Gasteiger partial charge in [0.2, 0.25) is 11.0 Å². The fourth-order valence-corrected chi connectivity index (χ4v) is 4.57. The Morgan fingerprint density at radius 1 is 1.07 bits per heavy atom. The van der Waals surface area contributed by atoms with E-state index >= 15 is 0 Å². The summed E-state index contributed by atoms with van der Waals surface area (Å²) in [6, 6.07) is 18.0. The summed E-state index contributed by atoms with van der Waals surface area (Å²) in [5.74, 6) is 0.0985. The molecule has 29 heavy (non-hydrogen) atoms. The Morgan fingerprint density at radius 2 is 1.97 bits per heavy atom. The molecule has 0 bridgehead atoms. The summed E-state index contributed by atoms with van der Waals surface area (Å²) < 4.78 is 0. The first-order valence-electron chi connectivity index (χ1n) is 9.55. The van der Waals surface area contributed by atoms with E-state index in [9.17, 15) is 4.79 Å². The van der Waals surface area contributed by atoms with Crippen LogP contribution in [0.25, 0.3) is 21.3 Å². The molecule has 1 fully saturated rings. The minimum absolute atomic E-state index is 0.0661. The highest BCUT2D eigenvalue weighted by atomic mass is 32.1. The molecule has 6 nitrogen and oxygen atoms in total. The lowest BCUT2D eigenvalue weighted by Crippen LogP contribution is -2.39. The zero-order chi connectivity index (χ0) is 19.6. The third-order valence-electron chi connectivity index (χ3n) is 5.27. The summed E-state index contributed by atoms with van der Waals surface area (Å²) >= 11 is 1.38. The Balaban J connectivity index is 1.33. The van der Waals surface area contributed by atoms with Gasteiger partial charge in [-0.1, -0.05) is 53.8 Å². The van der Waals surface area contributed by atoms with Crippen LogP contribution in [0.1, 0.15) is 17.9 Å². The summed E-state index contributed by atoms with van der Waals surface area (Å²) in [6.45, 7) is 0.824. The largest absolute Gasteiger partial charge is 0.305 e. The number of carbonyl (C=O) groups excluding carboxylic acids is 1. The van der Waals surface area contributed by atoms with Crippen LogP contribution in [0.4, 0.5) is 5.13 Å². The summed E-state index contributed by atoms with van der Waals surface area (Å²) in [5, 5.41) is 18.2. The van der Waals surface area contributed by atoms with Crippen LogP contribution in [0.15, 0.2) is 67.0 Å². The molecule has 1 saturated heterocycles. The fraction of sp³-hybridized carbons (Fsp3) is 0.182. The zero-order valence-corrected chi connectivity index (χ0v) is 16.4. The van der Waals surface area contributed by atoms with Gasteiger partial charge in [-0.15, -0.1) is 10.2 Å². The maximum Gasteiger partial charge on any atom is 0.243 e. The van der Waals surface area contributed by atoms with Crippen molar-refractivity contribution in [3.63, 3.8) is 0 Å². The highest BCUT2D eigenvalue weighted by Crippen LogP contribution is 2.31. The lowest BCUT2D eigenvalue weighted by atomic mass is 9.91. The van der Waals surface area contributed by atoms with E-state index in [2.05, 4.69) is 44.0 Å². The Morgan fingerprint density at radius 3 is 2.86 bits per heavy atom. The number of hydrogen-bond acceptors (Lipinski definition) is 6. The first kappa shape index (κ1) is 17.9. The number of benzene rings is 2. The number of pyridine rings is 1. The number of nitrogens with zero attached hydrogens (tertiary/aromatic N) is 3. The lowest BCUT2D eigenvalue weighted by molar-refractivity contribution is -0.118. The molecule has 1 aliphatic heterocycles. The summed E-state index contributed by atoms with van der Waals surface area (Å²) in [4.78, 5) is 17.0. The molecule has 2 aromatic carbocycles. The van der Waals surface area contributed by atoms with Crippen LogP contribution >= 0.6 is 11.3 Å². The van der Waals surface area contributed by atoms with E-state index in [1.165, 1.54) is 16.9 Å². The molecule has 0 unspecified atom stereocenters. The van der Waals surface area contributed by atoms with Crippen molar-refractivity contribution in [3.8, 4) is 10.6 Å². The van der Waals surface area contributed by atoms with Crippen LogP contribution in [-0.2, 0) is 4.79 Å². The maximum atomic E-state index is 12.9. The number of nitrogens with one attached hydrogen (secondary N) is 2. The molecule has 144 valence electrons. The number of fused-ring (bicyclic) bond motifs is 1. The minimum atomic E-state index is -0.266. The summed E-state index contributed by atoms with van der Waals surface area (Å²) in [6.07, 6.45) is 4.55. The second-order valence-corrected chi connectivity index (χ2v) is 8.05. The predicted octanol–water partition coefficient (Wildman–Crippen LogP) is 3.84. The van der Waals surface area contributed by atoms with Crippen molar-refractivity contribution in [2.75, 3.05) is 11.9 Å². The van der Waals surface area contributed by atoms with E-state index in [-0.39, 0.29) is 17.9 Å². The van der Waals surface area contributed by atoms with E-state index in [1.54, 1.807) is 6.20 Å². The molecule has 7 heteroatoms. The number of carbonyl (C=O) groups is 1. The number of amides is 1. The van der Waals surface area contributed by atoms with Gasteiger partial charge in [0, 0.05) is 29.3 Å². The van der Waals surface area contributed by atoms with Gasteiger partial charge in [-0.05, 0) is 36.0 Å². The molecule has 0 spiro atoms. The van der Waals surface area contributed by atoms with Crippen molar-refractivity contribution in [1.82, 2.24) is 20.5 Å². The van der Waals surface area contributed by atoms with Gasteiger partial charge in [-0.3, -0.25) is 15.1 Å². The molecule has 2 aromatic heterocycles. The van der Waals surface area contributed by atoms with Crippen molar-refractivity contribution in [2.24, 2.45) is 0 Å². The molecule has 2 N–H and O–H groups in total. The molecular weight excluding hydrogens is 382 g/mol. The van der Waals surface area contributed by atoms with E-state index < -0.39 is 0 Å². The van der Waals surface area contributed by atoms with Crippen LogP contribution in [0, 0.1) is 0 Å². The average Bonchev–Trinajstić information content (AvgIpc) is 3.44. The number of rotatable bonds is 4.